The van der Waals surface area contributed by atoms with Crippen molar-refractivity contribution in [3.05, 3.63) is 0 Å². The van der Waals surface area contributed by atoms with Gasteiger partial charge in [0.1, 0.15) is 0 Å². The molecule has 0 radical (unpaired) electrons. The van der Waals surface area contributed by atoms with Gasteiger partial charge in [0, 0.05) is 6.04 Å². The summed E-state index contributed by atoms with van der Waals surface area (Å²) in [6.07, 6.45) is 13.2. The Labute approximate surface area is 95.0 Å². The summed E-state index contributed by atoms with van der Waals surface area (Å²) in [5.74, 6) is 2.07. The molecule has 0 saturated heterocycles. The maximum atomic E-state index is 3.78. The van der Waals surface area contributed by atoms with Gasteiger partial charge >= 0.3 is 0 Å². The van der Waals surface area contributed by atoms with Gasteiger partial charge in [-0.3, -0.25) is 0 Å². The molecule has 0 spiro atoms. The van der Waals surface area contributed by atoms with Crippen molar-refractivity contribution in [1.82, 2.24) is 5.32 Å². The molecular weight excluding hydrogens is 182 g/mol. The standard InChI is InChI=1S/C14H27N/c1-2-14(13-8-9-13)15-11-10-12-6-4-3-5-7-12/h12-15H,2-11H2,1H3. The first-order chi connectivity index (χ1) is 7.40. The first-order valence-electron chi connectivity index (χ1n) is 7.13. The van der Waals surface area contributed by atoms with Crippen LogP contribution in [-0.2, 0) is 0 Å². The quantitative estimate of drug-likeness (QED) is 0.703. The van der Waals surface area contributed by atoms with E-state index in [-0.39, 0.29) is 0 Å². The molecule has 0 amide bonds. The van der Waals surface area contributed by atoms with Crippen molar-refractivity contribution in [3.8, 4) is 0 Å². The van der Waals surface area contributed by atoms with Gasteiger partial charge in [-0.05, 0) is 44.1 Å². The molecule has 2 aliphatic rings. The van der Waals surface area contributed by atoms with E-state index in [0.717, 1.165) is 17.9 Å². The van der Waals surface area contributed by atoms with Crippen LogP contribution in [0.25, 0.3) is 0 Å². The molecule has 15 heavy (non-hydrogen) atoms. The van der Waals surface area contributed by atoms with Gasteiger partial charge in [0.15, 0.2) is 0 Å². The molecule has 1 nitrogen and oxygen atoms in total. The monoisotopic (exact) mass is 209 g/mol. The van der Waals surface area contributed by atoms with Gasteiger partial charge in [-0.1, -0.05) is 39.0 Å². The van der Waals surface area contributed by atoms with Crippen molar-refractivity contribution in [2.75, 3.05) is 6.54 Å². The first kappa shape index (κ1) is 11.4. The van der Waals surface area contributed by atoms with Crippen molar-refractivity contribution in [2.45, 2.75) is 70.8 Å². The molecule has 1 N–H and O–H groups in total. The molecule has 2 rings (SSSR count). The normalized spacial score (nSPS) is 25.4. The molecule has 2 aliphatic carbocycles. The van der Waals surface area contributed by atoms with Crippen molar-refractivity contribution >= 4 is 0 Å². The fraction of sp³-hybridized carbons (Fsp3) is 1.00. The maximum absolute atomic E-state index is 3.78. The molecule has 1 atom stereocenters. The first-order valence-corrected chi connectivity index (χ1v) is 7.13. The molecule has 2 fully saturated rings. The lowest BCUT2D eigenvalue weighted by molar-refractivity contribution is 0.322. The van der Waals surface area contributed by atoms with Crippen molar-refractivity contribution < 1.29 is 0 Å². The Morgan fingerprint density at radius 1 is 1.07 bits per heavy atom. The smallest absolute Gasteiger partial charge is 0.00927 e. The summed E-state index contributed by atoms with van der Waals surface area (Å²) in [5, 5.41) is 3.78. The summed E-state index contributed by atoms with van der Waals surface area (Å²) in [6, 6.07) is 0.841. The van der Waals surface area contributed by atoms with Gasteiger partial charge < -0.3 is 5.32 Å². The Hall–Kier alpha value is -0.0400. The lowest BCUT2D eigenvalue weighted by atomic mass is 9.87. The Balaban J connectivity index is 1.56. The number of hydrogen-bond acceptors (Lipinski definition) is 1. The average molecular weight is 209 g/mol. The second kappa shape index (κ2) is 5.89. The Morgan fingerprint density at radius 2 is 1.80 bits per heavy atom. The molecular formula is C14H27N. The van der Waals surface area contributed by atoms with Crippen LogP contribution in [0.5, 0.6) is 0 Å². The van der Waals surface area contributed by atoms with Crippen LogP contribution in [0, 0.1) is 11.8 Å². The highest BCUT2D eigenvalue weighted by Crippen LogP contribution is 2.34. The second-order valence-corrected chi connectivity index (χ2v) is 5.60. The van der Waals surface area contributed by atoms with Crippen LogP contribution in [0.1, 0.15) is 64.7 Å². The third-order valence-electron chi connectivity index (χ3n) is 4.31. The van der Waals surface area contributed by atoms with Gasteiger partial charge in [-0.25, -0.2) is 0 Å². The number of nitrogens with one attached hydrogen (secondary N) is 1. The van der Waals surface area contributed by atoms with E-state index in [1.807, 2.05) is 0 Å². The summed E-state index contributed by atoms with van der Waals surface area (Å²) in [5.41, 5.74) is 0. The second-order valence-electron chi connectivity index (χ2n) is 5.60. The van der Waals surface area contributed by atoms with Crippen LogP contribution in [0.3, 0.4) is 0 Å². The third-order valence-corrected chi connectivity index (χ3v) is 4.31. The van der Waals surface area contributed by atoms with Gasteiger partial charge in [-0.2, -0.15) is 0 Å². The molecule has 2 saturated carbocycles. The van der Waals surface area contributed by atoms with E-state index in [1.54, 1.807) is 0 Å². The van der Waals surface area contributed by atoms with Gasteiger partial charge in [-0.15, -0.1) is 0 Å². The molecule has 0 aromatic heterocycles. The zero-order valence-corrected chi connectivity index (χ0v) is 10.3. The maximum Gasteiger partial charge on any atom is 0.00927 e. The molecule has 1 unspecified atom stereocenters. The van der Waals surface area contributed by atoms with E-state index in [1.165, 1.54) is 64.3 Å². The summed E-state index contributed by atoms with van der Waals surface area (Å²) < 4.78 is 0. The zero-order chi connectivity index (χ0) is 10.5. The fourth-order valence-corrected chi connectivity index (χ4v) is 3.09. The molecule has 0 bridgehead atoms. The topological polar surface area (TPSA) is 12.0 Å². The third kappa shape index (κ3) is 3.79. The fourth-order valence-electron chi connectivity index (χ4n) is 3.09. The number of hydrogen-bond donors (Lipinski definition) is 1. The molecule has 1 heteroatoms. The van der Waals surface area contributed by atoms with E-state index >= 15 is 0 Å². The molecule has 0 aromatic carbocycles. The van der Waals surface area contributed by atoms with Gasteiger partial charge in [0.25, 0.3) is 0 Å². The Bertz CT molecular complexity index is 168. The van der Waals surface area contributed by atoms with E-state index < -0.39 is 0 Å². The summed E-state index contributed by atoms with van der Waals surface area (Å²) in [4.78, 5) is 0. The minimum absolute atomic E-state index is 0.841. The highest BCUT2D eigenvalue weighted by Gasteiger charge is 2.29. The summed E-state index contributed by atoms with van der Waals surface area (Å²) in [7, 11) is 0. The summed E-state index contributed by atoms with van der Waals surface area (Å²) >= 11 is 0. The zero-order valence-electron chi connectivity index (χ0n) is 10.3. The predicted octanol–water partition coefficient (Wildman–Crippen LogP) is 3.74. The highest BCUT2D eigenvalue weighted by atomic mass is 14.9. The minimum Gasteiger partial charge on any atom is -0.314 e. The van der Waals surface area contributed by atoms with E-state index in [4.69, 9.17) is 0 Å². The lowest BCUT2D eigenvalue weighted by Gasteiger charge is -2.23. The molecule has 0 aliphatic heterocycles. The lowest BCUT2D eigenvalue weighted by Crippen LogP contribution is -2.32. The van der Waals surface area contributed by atoms with Crippen LogP contribution in [0.15, 0.2) is 0 Å². The van der Waals surface area contributed by atoms with Crippen LogP contribution >= 0.6 is 0 Å². The SMILES string of the molecule is CCC(NCCC1CCCCC1)C1CC1. The summed E-state index contributed by atoms with van der Waals surface area (Å²) in [6.45, 7) is 3.61. The van der Waals surface area contributed by atoms with Crippen molar-refractivity contribution in [1.29, 1.82) is 0 Å². The van der Waals surface area contributed by atoms with Crippen LogP contribution < -0.4 is 5.32 Å². The molecule has 88 valence electrons. The Kier molecular flexibility index (Phi) is 4.49. The molecule has 0 aromatic rings. The van der Waals surface area contributed by atoms with Crippen LogP contribution in [-0.4, -0.2) is 12.6 Å². The largest absolute Gasteiger partial charge is 0.314 e. The van der Waals surface area contributed by atoms with Gasteiger partial charge in [0.2, 0.25) is 0 Å². The average Bonchev–Trinajstić information content (AvgIpc) is 3.10. The molecule has 0 heterocycles. The number of rotatable bonds is 6. The Morgan fingerprint density at radius 3 is 2.40 bits per heavy atom. The highest BCUT2D eigenvalue weighted by molar-refractivity contribution is 4.85. The minimum atomic E-state index is 0.841. The van der Waals surface area contributed by atoms with Crippen LogP contribution in [0.4, 0.5) is 0 Å². The van der Waals surface area contributed by atoms with Crippen molar-refractivity contribution in [2.24, 2.45) is 11.8 Å². The van der Waals surface area contributed by atoms with E-state index in [9.17, 15) is 0 Å². The predicted molar refractivity (Wildman–Crippen MR) is 66.0 cm³/mol. The van der Waals surface area contributed by atoms with E-state index in [0.29, 0.717) is 0 Å². The van der Waals surface area contributed by atoms with Crippen LogP contribution in [0.2, 0.25) is 0 Å². The van der Waals surface area contributed by atoms with Crippen molar-refractivity contribution in [3.63, 3.8) is 0 Å². The van der Waals surface area contributed by atoms with E-state index in [2.05, 4.69) is 12.2 Å². The van der Waals surface area contributed by atoms with Gasteiger partial charge in [0.05, 0.1) is 0 Å².